The van der Waals surface area contributed by atoms with Crippen LogP contribution in [0, 0.1) is 13.8 Å². The smallest absolute Gasteiger partial charge is 0.264 e. The molecule has 0 spiro atoms. The van der Waals surface area contributed by atoms with Crippen molar-refractivity contribution in [2.45, 2.75) is 13.8 Å². The second-order valence-corrected chi connectivity index (χ2v) is 5.34. The molecular weight excluding hydrogens is 284 g/mol. The lowest BCUT2D eigenvalue weighted by Crippen LogP contribution is -2.20. The number of aromatic nitrogens is 1. The summed E-state index contributed by atoms with van der Waals surface area (Å²) in [5, 5.41) is 5.78. The van der Waals surface area contributed by atoms with Crippen molar-refractivity contribution >= 4 is 34.0 Å². The third kappa shape index (κ3) is 3.94. The van der Waals surface area contributed by atoms with Gasteiger partial charge in [-0.05, 0) is 37.6 Å². The average Bonchev–Trinajstić information content (AvgIpc) is 2.73. The van der Waals surface area contributed by atoms with Crippen LogP contribution in [-0.4, -0.2) is 17.5 Å². The molecule has 100 valence electrons. The molecule has 0 aliphatic carbocycles. The Morgan fingerprint density at radius 2 is 2.26 bits per heavy atom. The summed E-state index contributed by atoms with van der Waals surface area (Å²) < 4.78 is 5.44. The minimum absolute atomic E-state index is 0.0545. The van der Waals surface area contributed by atoms with E-state index in [1.54, 1.807) is 18.2 Å². The number of rotatable bonds is 4. The summed E-state index contributed by atoms with van der Waals surface area (Å²) in [5.41, 5.74) is 1.78. The van der Waals surface area contributed by atoms with Crippen LogP contribution in [-0.2, 0) is 4.79 Å². The molecule has 1 aromatic carbocycles. The van der Waals surface area contributed by atoms with E-state index in [0.717, 1.165) is 11.3 Å². The van der Waals surface area contributed by atoms with E-state index in [9.17, 15) is 4.79 Å². The lowest BCUT2D eigenvalue weighted by molar-refractivity contribution is -0.118. The van der Waals surface area contributed by atoms with Gasteiger partial charge in [0.15, 0.2) is 11.7 Å². The van der Waals surface area contributed by atoms with Crippen LogP contribution in [0.15, 0.2) is 23.6 Å². The van der Waals surface area contributed by atoms with E-state index in [2.05, 4.69) is 10.3 Å². The molecule has 0 atom stereocenters. The fraction of sp³-hybridized carbons (Fsp3) is 0.231. The highest BCUT2D eigenvalue weighted by atomic mass is 35.5. The maximum Gasteiger partial charge on any atom is 0.264 e. The number of ether oxygens (including phenoxy) is 1. The first kappa shape index (κ1) is 13.8. The van der Waals surface area contributed by atoms with Crippen molar-refractivity contribution in [1.82, 2.24) is 4.98 Å². The fourth-order valence-electron chi connectivity index (χ4n) is 1.48. The van der Waals surface area contributed by atoms with Crippen LogP contribution >= 0.6 is 22.9 Å². The number of nitrogens with one attached hydrogen (secondary N) is 1. The van der Waals surface area contributed by atoms with Gasteiger partial charge in [-0.15, -0.1) is 11.3 Å². The number of nitrogens with zero attached hydrogens (tertiary/aromatic N) is 1. The zero-order chi connectivity index (χ0) is 13.8. The number of halogens is 1. The summed E-state index contributed by atoms with van der Waals surface area (Å²) in [6.45, 7) is 3.70. The molecule has 0 aliphatic rings. The molecule has 0 radical (unpaired) electrons. The van der Waals surface area contributed by atoms with E-state index >= 15 is 0 Å². The highest BCUT2D eigenvalue weighted by Crippen LogP contribution is 2.21. The quantitative estimate of drug-likeness (QED) is 0.940. The predicted molar refractivity (Wildman–Crippen MR) is 77.2 cm³/mol. The molecule has 4 nitrogen and oxygen atoms in total. The highest BCUT2D eigenvalue weighted by molar-refractivity contribution is 7.13. The van der Waals surface area contributed by atoms with Gasteiger partial charge in [-0.1, -0.05) is 11.6 Å². The van der Waals surface area contributed by atoms with Gasteiger partial charge in [0, 0.05) is 10.4 Å². The highest BCUT2D eigenvalue weighted by Gasteiger charge is 2.07. The Morgan fingerprint density at radius 1 is 1.47 bits per heavy atom. The van der Waals surface area contributed by atoms with E-state index in [1.165, 1.54) is 11.3 Å². The zero-order valence-electron chi connectivity index (χ0n) is 10.6. The number of hydrogen-bond donors (Lipinski definition) is 1. The number of carbonyl (C=O) groups is 1. The first-order valence-electron chi connectivity index (χ1n) is 5.65. The molecule has 0 saturated heterocycles. The third-order valence-electron chi connectivity index (χ3n) is 2.36. The summed E-state index contributed by atoms with van der Waals surface area (Å²) in [7, 11) is 0. The van der Waals surface area contributed by atoms with Gasteiger partial charge in [-0.3, -0.25) is 10.1 Å². The topological polar surface area (TPSA) is 51.2 Å². The minimum Gasteiger partial charge on any atom is -0.483 e. The zero-order valence-corrected chi connectivity index (χ0v) is 12.1. The Hall–Kier alpha value is -1.59. The maximum atomic E-state index is 11.7. The Bertz CT molecular complexity index is 598. The molecule has 1 N–H and O–H groups in total. The van der Waals surface area contributed by atoms with Crippen LogP contribution < -0.4 is 10.1 Å². The number of amides is 1. The molecule has 19 heavy (non-hydrogen) atoms. The predicted octanol–water partition coefficient (Wildman–Crippen LogP) is 3.43. The Kier molecular flexibility index (Phi) is 4.39. The van der Waals surface area contributed by atoms with Gasteiger partial charge in [-0.2, -0.15) is 0 Å². The van der Waals surface area contributed by atoms with Gasteiger partial charge in [0.25, 0.3) is 5.91 Å². The summed E-state index contributed by atoms with van der Waals surface area (Å²) in [5.74, 6) is 0.415. The molecule has 0 unspecified atom stereocenters. The van der Waals surface area contributed by atoms with Crippen LogP contribution in [0.3, 0.4) is 0 Å². The molecule has 2 aromatic rings. The Balaban J connectivity index is 1.89. The lowest BCUT2D eigenvalue weighted by atomic mass is 10.2. The standard InChI is InChI=1S/C13H13ClN2O2S/c1-8-5-10(14)3-4-11(8)18-6-12(17)16-13-15-9(2)7-19-13/h3-5,7H,6H2,1-2H3,(H,15,16,17). The summed E-state index contributed by atoms with van der Waals surface area (Å²) in [6, 6.07) is 5.27. The molecule has 0 aliphatic heterocycles. The van der Waals surface area contributed by atoms with Crippen LogP contribution in [0.2, 0.25) is 5.02 Å². The normalized spacial score (nSPS) is 10.3. The lowest BCUT2D eigenvalue weighted by Gasteiger charge is -2.08. The van der Waals surface area contributed by atoms with Gasteiger partial charge in [0.2, 0.25) is 0 Å². The number of hydrogen-bond acceptors (Lipinski definition) is 4. The first-order valence-corrected chi connectivity index (χ1v) is 6.91. The molecule has 6 heteroatoms. The van der Waals surface area contributed by atoms with E-state index in [4.69, 9.17) is 16.3 Å². The largest absolute Gasteiger partial charge is 0.483 e. The van der Waals surface area contributed by atoms with Gasteiger partial charge >= 0.3 is 0 Å². The molecule has 1 amide bonds. The number of aryl methyl sites for hydroxylation is 2. The molecule has 1 heterocycles. The van der Waals surface area contributed by atoms with Crippen molar-refractivity contribution in [2.24, 2.45) is 0 Å². The summed E-state index contributed by atoms with van der Waals surface area (Å²) in [4.78, 5) is 15.8. The molecule has 2 rings (SSSR count). The Labute approximate surface area is 120 Å². The molecule has 1 aromatic heterocycles. The SMILES string of the molecule is Cc1csc(NC(=O)COc2ccc(Cl)cc2C)n1. The van der Waals surface area contributed by atoms with Gasteiger partial charge in [0.1, 0.15) is 5.75 Å². The monoisotopic (exact) mass is 296 g/mol. The second-order valence-electron chi connectivity index (χ2n) is 4.04. The van der Waals surface area contributed by atoms with Gasteiger partial charge in [0.05, 0.1) is 5.69 Å². The van der Waals surface area contributed by atoms with Crippen molar-refractivity contribution in [3.8, 4) is 5.75 Å². The van der Waals surface area contributed by atoms with Crippen molar-refractivity contribution in [3.63, 3.8) is 0 Å². The van der Waals surface area contributed by atoms with Crippen LogP contribution in [0.25, 0.3) is 0 Å². The van der Waals surface area contributed by atoms with Gasteiger partial charge in [-0.25, -0.2) is 4.98 Å². The van der Waals surface area contributed by atoms with E-state index in [1.807, 2.05) is 19.2 Å². The second kappa shape index (κ2) is 6.04. The van der Waals surface area contributed by atoms with E-state index < -0.39 is 0 Å². The molecule has 0 saturated carbocycles. The molecule has 0 bridgehead atoms. The van der Waals surface area contributed by atoms with Crippen LogP contribution in [0.4, 0.5) is 5.13 Å². The average molecular weight is 297 g/mol. The van der Waals surface area contributed by atoms with Crippen LogP contribution in [0.1, 0.15) is 11.3 Å². The molecular formula is C13H13ClN2O2S. The maximum absolute atomic E-state index is 11.7. The first-order chi connectivity index (χ1) is 9.04. The summed E-state index contributed by atoms with van der Waals surface area (Å²) in [6.07, 6.45) is 0. The Morgan fingerprint density at radius 3 is 2.89 bits per heavy atom. The number of anilines is 1. The van der Waals surface area contributed by atoms with E-state index in [0.29, 0.717) is 15.9 Å². The number of carbonyl (C=O) groups excluding carboxylic acids is 1. The number of benzene rings is 1. The summed E-state index contributed by atoms with van der Waals surface area (Å²) >= 11 is 7.24. The fourth-order valence-corrected chi connectivity index (χ4v) is 2.42. The van der Waals surface area contributed by atoms with Crippen LogP contribution in [0.5, 0.6) is 5.75 Å². The molecule has 0 fully saturated rings. The van der Waals surface area contributed by atoms with Gasteiger partial charge < -0.3 is 4.74 Å². The minimum atomic E-state index is -0.233. The van der Waals surface area contributed by atoms with Crippen molar-refractivity contribution in [2.75, 3.05) is 11.9 Å². The van der Waals surface area contributed by atoms with Crippen molar-refractivity contribution < 1.29 is 9.53 Å². The van der Waals surface area contributed by atoms with Crippen molar-refractivity contribution in [3.05, 3.63) is 39.9 Å². The van der Waals surface area contributed by atoms with Crippen molar-refractivity contribution in [1.29, 1.82) is 0 Å². The number of thiazole rings is 1. The third-order valence-corrected chi connectivity index (χ3v) is 3.47. The van der Waals surface area contributed by atoms with E-state index in [-0.39, 0.29) is 12.5 Å².